The van der Waals surface area contributed by atoms with Crippen molar-refractivity contribution in [1.29, 1.82) is 0 Å². The minimum atomic E-state index is 0.200. The maximum absolute atomic E-state index is 5.75. The zero-order chi connectivity index (χ0) is 11.5. The van der Waals surface area contributed by atoms with Gasteiger partial charge in [-0.05, 0) is 19.1 Å². The third-order valence-electron chi connectivity index (χ3n) is 2.05. The lowest BCUT2D eigenvalue weighted by Gasteiger charge is -2.04. The van der Waals surface area contributed by atoms with Crippen LogP contribution in [0.2, 0.25) is 0 Å². The number of rotatable bonds is 2. The molecule has 4 N–H and O–H groups in total. The van der Waals surface area contributed by atoms with E-state index >= 15 is 0 Å². The van der Waals surface area contributed by atoms with Gasteiger partial charge in [-0.2, -0.15) is 4.98 Å². The fourth-order valence-corrected chi connectivity index (χ4v) is 1.99. The van der Waals surface area contributed by atoms with E-state index in [1.165, 1.54) is 17.3 Å². The van der Waals surface area contributed by atoms with Crippen LogP contribution in [-0.4, -0.2) is 9.97 Å². The molecule has 0 saturated carbocycles. The van der Waals surface area contributed by atoms with Crippen molar-refractivity contribution in [2.45, 2.75) is 16.7 Å². The van der Waals surface area contributed by atoms with Gasteiger partial charge < -0.3 is 11.5 Å². The first-order valence-electron chi connectivity index (χ1n) is 4.77. The standard InChI is InChI=1S/C11H12N4S/c1-7-2-4-8(5-3-7)16-9-6-14-11(13)15-10(9)12/h2-6H,1H3,(H4,12,13,14,15). The molecule has 4 nitrogen and oxygen atoms in total. The number of nitrogens with two attached hydrogens (primary N) is 2. The van der Waals surface area contributed by atoms with Crippen molar-refractivity contribution in [3.8, 4) is 0 Å². The summed E-state index contributed by atoms with van der Waals surface area (Å²) in [5.74, 6) is 0.615. The highest BCUT2D eigenvalue weighted by Gasteiger charge is 2.04. The van der Waals surface area contributed by atoms with E-state index in [1.54, 1.807) is 6.20 Å². The first-order chi connectivity index (χ1) is 7.65. The summed E-state index contributed by atoms with van der Waals surface area (Å²) in [6.45, 7) is 2.05. The highest BCUT2D eigenvalue weighted by Crippen LogP contribution is 2.30. The van der Waals surface area contributed by atoms with E-state index in [0.717, 1.165) is 9.79 Å². The molecule has 0 atom stereocenters. The summed E-state index contributed by atoms with van der Waals surface area (Å²) in [5, 5.41) is 0. The number of hydrogen-bond acceptors (Lipinski definition) is 5. The van der Waals surface area contributed by atoms with E-state index in [1.807, 2.05) is 12.1 Å². The SMILES string of the molecule is Cc1ccc(Sc2cnc(N)nc2N)cc1. The van der Waals surface area contributed by atoms with Crippen LogP contribution in [0.3, 0.4) is 0 Å². The van der Waals surface area contributed by atoms with Crippen LogP contribution in [0.15, 0.2) is 40.3 Å². The molecule has 0 bridgehead atoms. The topological polar surface area (TPSA) is 77.8 Å². The summed E-state index contributed by atoms with van der Waals surface area (Å²) in [6, 6.07) is 8.18. The molecule has 1 heterocycles. The maximum Gasteiger partial charge on any atom is 0.221 e. The fourth-order valence-electron chi connectivity index (χ4n) is 1.21. The first kappa shape index (κ1) is 10.8. The molecule has 0 saturated heterocycles. The third kappa shape index (κ3) is 2.43. The van der Waals surface area contributed by atoms with Crippen LogP contribution in [0.1, 0.15) is 5.56 Å². The van der Waals surface area contributed by atoms with Crippen molar-refractivity contribution in [2.75, 3.05) is 11.5 Å². The van der Waals surface area contributed by atoms with Crippen LogP contribution >= 0.6 is 11.8 Å². The summed E-state index contributed by atoms with van der Waals surface area (Å²) < 4.78 is 0. The lowest BCUT2D eigenvalue weighted by Crippen LogP contribution is -2.00. The van der Waals surface area contributed by atoms with Crippen LogP contribution in [0.4, 0.5) is 11.8 Å². The summed E-state index contributed by atoms with van der Waals surface area (Å²) in [7, 11) is 0. The first-order valence-corrected chi connectivity index (χ1v) is 5.59. The van der Waals surface area contributed by atoms with E-state index in [-0.39, 0.29) is 5.95 Å². The van der Waals surface area contributed by atoms with Crippen molar-refractivity contribution in [1.82, 2.24) is 9.97 Å². The van der Waals surface area contributed by atoms with Crippen molar-refractivity contribution in [3.63, 3.8) is 0 Å². The molecular weight excluding hydrogens is 220 g/mol. The molecule has 0 spiro atoms. The number of nitrogen functional groups attached to an aromatic ring is 2. The second-order valence-electron chi connectivity index (χ2n) is 3.39. The molecule has 0 aliphatic heterocycles. The molecule has 5 heteroatoms. The summed E-state index contributed by atoms with van der Waals surface area (Å²) in [5.41, 5.74) is 12.4. The number of aryl methyl sites for hydroxylation is 1. The summed E-state index contributed by atoms with van der Waals surface area (Å²) in [6.07, 6.45) is 1.64. The van der Waals surface area contributed by atoms with Gasteiger partial charge in [0.1, 0.15) is 5.82 Å². The third-order valence-corrected chi connectivity index (χ3v) is 3.09. The molecule has 0 radical (unpaired) electrons. The summed E-state index contributed by atoms with van der Waals surface area (Å²) >= 11 is 1.53. The smallest absolute Gasteiger partial charge is 0.221 e. The van der Waals surface area contributed by atoms with Crippen molar-refractivity contribution in [3.05, 3.63) is 36.0 Å². The van der Waals surface area contributed by atoms with Crippen molar-refractivity contribution < 1.29 is 0 Å². The highest BCUT2D eigenvalue weighted by molar-refractivity contribution is 7.99. The number of hydrogen-bond donors (Lipinski definition) is 2. The molecular formula is C11H12N4S. The lowest BCUT2D eigenvalue weighted by atomic mass is 10.2. The predicted octanol–water partition coefficient (Wildman–Crippen LogP) is 2.10. The second kappa shape index (κ2) is 4.40. The van der Waals surface area contributed by atoms with Gasteiger partial charge in [-0.1, -0.05) is 29.5 Å². The monoisotopic (exact) mass is 232 g/mol. The predicted molar refractivity (Wildman–Crippen MR) is 66.2 cm³/mol. The zero-order valence-corrected chi connectivity index (χ0v) is 9.66. The van der Waals surface area contributed by atoms with Gasteiger partial charge in [-0.3, -0.25) is 0 Å². The lowest BCUT2D eigenvalue weighted by molar-refractivity contribution is 1.13. The summed E-state index contributed by atoms with van der Waals surface area (Å²) in [4.78, 5) is 9.75. The zero-order valence-electron chi connectivity index (χ0n) is 8.84. The highest BCUT2D eigenvalue weighted by atomic mass is 32.2. The molecule has 0 aliphatic carbocycles. The number of benzene rings is 1. The van der Waals surface area contributed by atoms with E-state index < -0.39 is 0 Å². The molecule has 0 amide bonds. The quantitative estimate of drug-likeness (QED) is 0.829. The van der Waals surface area contributed by atoms with Gasteiger partial charge in [0.15, 0.2) is 0 Å². The average Bonchev–Trinajstić information content (AvgIpc) is 2.25. The van der Waals surface area contributed by atoms with Gasteiger partial charge in [0, 0.05) is 11.1 Å². The normalized spacial score (nSPS) is 10.3. The Hall–Kier alpha value is -1.75. The maximum atomic E-state index is 5.75. The second-order valence-corrected chi connectivity index (χ2v) is 4.51. The number of anilines is 2. The number of nitrogens with zero attached hydrogens (tertiary/aromatic N) is 2. The fraction of sp³-hybridized carbons (Fsp3) is 0.0909. The molecule has 1 aromatic heterocycles. The minimum Gasteiger partial charge on any atom is -0.383 e. The van der Waals surface area contributed by atoms with Crippen LogP contribution < -0.4 is 11.5 Å². The molecule has 16 heavy (non-hydrogen) atoms. The van der Waals surface area contributed by atoms with Gasteiger partial charge in [-0.15, -0.1) is 0 Å². The Morgan fingerprint density at radius 2 is 1.81 bits per heavy atom. The van der Waals surface area contributed by atoms with E-state index in [0.29, 0.717) is 5.82 Å². The molecule has 0 fully saturated rings. The Bertz CT molecular complexity index is 496. The number of aromatic nitrogens is 2. The molecule has 2 aromatic rings. The van der Waals surface area contributed by atoms with Crippen LogP contribution in [0, 0.1) is 6.92 Å². The van der Waals surface area contributed by atoms with Crippen LogP contribution in [0.25, 0.3) is 0 Å². The molecule has 2 rings (SSSR count). The van der Waals surface area contributed by atoms with Gasteiger partial charge in [0.2, 0.25) is 5.95 Å². The molecule has 0 unspecified atom stereocenters. The Morgan fingerprint density at radius 3 is 2.44 bits per heavy atom. The molecule has 1 aromatic carbocycles. The Morgan fingerprint density at radius 1 is 1.12 bits per heavy atom. The Balaban J connectivity index is 2.23. The van der Waals surface area contributed by atoms with Gasteiger partial charge >= 0.3 is 0 Å². The van der Waals surface area contributed by atoms with Crippen molar-refractivity contribution in [2.24, 2.45) is 0 Å². The average molecular weight is 232 g/mol. The van der Waals surface area contributed by atoms with E-state index in [9.17, 15) is 0 Å². The largest absolute Gasteiger partial charge is 0.383 e. The minimum absolute atomic E-state index is 0.200. The Kier molecular flexibility index (Phi) is 2.96. The molecule has 82 valence electrons. The van der Waals surface area contributed by atoms with Gasteiger partial charge in [0.05, 0.1) is 4.90 Å². The van der Waals surface area contributed by atoms with Gasteiger partial charge in [0.25, 0.3) is 0 Å². The Labute approximate surface area is 98.1 Å². The van der Waals surface area contributed by atoms with Crippen LogP contribution in [0.5, 0.6) is 0 Å². The van der Waals surface area contributed by atoms with Gasteiger partial charge in [-0.25, -0.2) is 4.98 Å². The van der Waals surface area contributed by atoms with Crippen LogP contribution in [-0.2, 0) is 0 Å². The van der Waals surface area contributed by atoms with E-state index in [2.05, 4.69) is 29.0 Å². The van der Waals surface area contributed by atoms with E-state index in [4.69, 9.17) is 11.5 Å². The van der Waals surface area contributed by atoms with Crippen molar-refractivity contribution >= 4 is 23.5 Å². The molecule has 0 aliphatic rings.